The maximum Gasteiger partial charge on any atom is 0.322 e. The molecular formula is C21H26N4O3. The summed E-state index contributed by atoms with van der Waals surface area (Å²) in [5, 5.41) is 2.83. The number of hydrogen-bond donors (Lipinski definition) is 1. The lowest BCUT2D eigenvalue weighted by Crippen LogP contribution is -2.55. The molecule has 1 aromatic carbocycles. The molecule has 28 heavy (non-hydrogen) atoms. The Hall–Kier alpha value is -3.09. The number of piperazine rings is 1. The highest BCUT2D eigenvalue weighted by atomic mass is 16.5. The fourth-order valence-electron chi connectivity index (χ4n) is 3.33. The van der Waals surface area contributed by atoms with Gasteiger partial charge in [-0.15, -0.1) is 0 Å². The Kier molecular flexibility index (Phi) is 5.82. The molecule has 148 valence electrons. The highest BCUT2D eigenvalue weighted by molar-refractivity contribution is 5.91. The average Bonchev–Trinajstić information content (AvgIpc) is 2.74. The van der Waals surface area contributed by atoms with Crippen molar-refractivity contribution in [1.82, 2.24) is 14.8 Å². The van der Waals surface area contributed by atoms with E-state index in [1.165, 1.54) is 7.11 Å². The van der Waals surface area contributed by atoms with Crippen LogP contribution in [0.4, 0.5) is 10.5 Å². The van der Waals surface area contributed by atoms with Crippen LogP contribution in [0.25, 0.3) is 0 Å². The lowest BCUT2D eigenvalue weighted by Gasteiger charge is -2.38. The Labute approximate surface area is 165 Å². The van der Waals surface area contributed by atoms with Crippen molar-refractivity contribution in [3.8, 4) is 5.88 Å². The van der Waals surface area contributed by atoms with Gasteiger partial charge >= 0.3 is 6.03 Å². The van der Waals surface area contributed by atoms with Gasteiger partial charge in [-0.25, -0.2) is 9.78 Å². The van der Waals surface area contributed by atoms with E-state index in [1.807, 2.05) is 49.1 Å². The van der Waals surface area contributed by atoms with E-state index >= 15 is 0 Å². The van der Waals surface area contributed by atoms with Crippen LogP contribution in [0.5, 0.6) is 5.88 Å². The van der Waals surface area contributed by atoms with E-state index in [-0.39, 0.29) is 11.9 Å². The Balaban J connectivity index is 1.59. The summed E-state index contributed by atoms with van der Waals surface area (Å²) in [7, 11) is 1.51. The second kappa shape index (κ2) is 8.29. The highest BCUT2D eigenvalue weighted by Gasteiger charge is 2.35. The predicted molar refractivity (Wildman–Crippen MR) is 107 cm³/mol. The second-order valence-corrected chi connectivity index (χ2v) is 7.26. The first-order chi connectivity index (χ1) is 13.4. The normalized spacial score (nSPS) is 14.5. The third kappa shape index (κ3) is 4.08. The van der Waals surface area contributed by atoms with Gasteiger partial charge in [0.1, 0.15) is 5.69 Å². The molecule has 1 fully saturated rings. The van der Waals surface area contributed by atoms with Gasteiger partial charge in [-0.05, 0) is 31.5 Å². The maximum absolute atomic E-state index is 13.1. The van der Waals surface area contributed by atoms with Crippen molar-refractivity contribution in [3.63, 3.8) is 0 Å². The molecular weight excluding hydrogens is 356 g/mol. The monoisotopic (exact) mass is 382 g/mol. The molecule has 0 radical (unpaired) electrons. The SMILES string of the molecule is COc1ncccc1NC(=O)N1CCN(C(=O)C(C)(C)c2ccccc2)CC1. The molecule has 3 amide bonds. The Morgan fingerprint density at radius 3 is 2.29 bits per heavy atom. The number of carbonyl (C=O) groups excluding carboxylic acids is 2. The Morgan fingerprint density at radius 2 is 1.64 bits per heavy atom. The van der Waals surface area contributed by atoms with Gasteiger partial charge in [0.15, 0.2) is 0 Å². The van der Waals surface area contributed by atoms with E-state index in [1.54, 1.807) is 23.2 Å². The molecule has 0 spiro atoms. The van der Waals surface area contributed by atoms with E-state index in [2.05, 4.69) is 10.3 Å². The van der Waals surface area contributed by atoms with Crippen molar-refractivity contribution in [2.45, 2.75) is 19.3 Å². The zero-order valence-electron chi connectivity index (χ0n) is 16.5. The van der Waals surface area contributed by atoms with E-state index in [0.717, 1.165) is 5.56 Å². The van der Waals surface area contributed by atoms with Crippen molar-refractivity contribution < 1.29 is 14.3 Å². The minimum absolute atomic E-state index is 0.0766. The third-order valence-electron chi connectivity index (χ3n) is 5.09. The van der Waals surface area contributed by atoms with Crippen molar-refractivity contribution in [3.05, 3.63) is 54.2 Å². The molecule has 7 nitrogen and oxygen atoms in total. The van der Waals surface area contributed by atoms with Gasteiger partial charge in [-0.3, -0.25) is 4.79 Å². The summed E-state index contributed by atoms with van der Waals surface area (Å²) in [4.78, 5) is 33.2. The van der Waals surface area contributed by atoms with Crippen LogP contribution in [0.1, 0.15) is 19.4 Å². The standard InChI is InChI=1S/C21H26N4O3/c1-21(2,16-8-5-4-6-9-16)19(26)24-12-14-25(15-13-24)20(27)23-17-10-7-11-22-18(17)28-3/h4-11H,12-15H2,1-3H3,(H,23,27). The number of urea groups is 1. The first-order valence-electron chi connectivity index (χ1n) is 9.33. The summed E-state index contributed by atoms with van der Waals surface area (Å²) in [6.07, 6.45) is 1.60. The first-order valence-corrected chi connectivity index (χ1v) is 9.33. The maximum atomic E-state index is 13.1. The zero-order valence-corrected chi connectivity index (χ0v) is 16.5. The summed E-state index contributed by atoms with van der Waals surface area (Å²) < 4.78 is 5.16. The molecule has 0 unspecified atom stereocenters. The zero-order chi connectivity index (χ0) is 20.1. The fraction of sp³-hybridized carbons (Fsp3) is 0.381. The quantitative estimate of drug-likeness (QED) is 0.882. The largest absolute Gasteiger partial charge is 0.480 e. The molecule has 0 saturated carbocycles. The molecule has 2 heterocycles. The number of nitrogens with zero attached hydrogens (tertiary/aromatic N) is 3. The van der Waals surface area contributed by atoms with Crippen LogP contribution in [0, 0.1) is 0 Å². The number of methoxy groups -OCH3 is 1. The molecule has 7 heteroatoms. The number of pyridine rings is 1. The number of hydrogen-bond acceptors (Lipinski definition) is 4. The van der Waals surface area contributed by atoms with Crippen LogP contribution in [0.3, 0.4) is 0 Å². The highest BCUT2D eigenvalue weighted by Crippen LogP contribution is 2.26. The van der Waals surface area contributed by atoms with Crippen molar-refractivity contribution in [1.29, 1.82) is 0 Å². The third-order valence-corrected chi connectivity index (χ3v) is 5.09. The van der Waals surface area contributed by atoms with Gasteiger partial charge in [-0.2, -0.15) is 0 Å². The molecule has 2 aromatic rings. The molecule has 0 atom stereocenters. The van der Waals surface area contributed by atoms with Gasteiger partial charge in [0.05, 0.1) is 12.5 Å². The number of carbonyl (C=O) groups is 2. The summed E-state index contributed by atoms with van der Waals surface area (Å²) in [6.45, 7) is 5.85. The number of benzene rings is 1. The number of ether oxygens (including phenoxy) is 1. The number of amides is 3. The Bertz CT molecular complexity index is 831. The lowest BCUT2D eigenvalue weighted by molar-refractivity contribution is -0.137. The molecule has 1 saturated heterocycles. The van der Waals surface area contributed by atoms with Gasteiger partial charge < -0.3 is 19.9 Å². The van der Waals surface area contributed by atoms with Crippen molar-refractivity contribution >= 4 is 17.6 Å². The fourth-order valence-corrected chi connectivity index (χ4v) is 3.33. The van der Waals surface area contributed by atoms with E-state index in [9.17, 15) is 9.59 Å². The smallest absolute Gasteiger partial charge is 0.322 e. The van der Waals surface area contributed by atoms with Crippen LogP contribution >= 0.6 is 0 Å². The second-order valence-electron chi connectivity index (χ2n) is 7.26. The first kappa shape index (κ1) is 19.7. The summed E-state index contributed by atoms with van der Waals surface area (Å²) in [5.41, 5.74) is 0.914. The molecule has 1 aliphatic heterocycles. The molecule has 1 N–H and O–H groups in total. The molecule has 3 rings (SSSR count). The van der Waals surface area contributed by atoms with Gasteiger partial charge in [0.2, 0.25) is 11.8 Å². The summed E-state index contributed by atoms with van der Waals surface area (Å²) >= 11 is 0. The summed E-state index contributed by atoms with van der Waals surface area (Å²) in [5.74, 6) is 0.446. The van der Waals surface area contributed by atoms with Crippen LogP contribution in [-0.2, 0) is 10.2 Å². The van der Waals surface area contributed by atoms with Crippen LogP contribution in [0.2, 0.25) is 0 Å². The lowest BCUT2D eigenvalue weighted by atomic mass is 9.83. The minimum atomic E-state index is -0.602. The number of anilines is 1. The number of aromatic nitrogens is 1. The average molecular weight is 382 g/mol. The van der Waals surface area contributed by atoms with Crippen molar-refractivity contribution in [2.24, 2.45) is 0 Å². The number of nitrogens with one attached hydrogen (secondary N) is 1. The molecule has 1 aliphatic rings. The van der Waals surface area contributed by atoms with Crippen molar-refractivity contribution in [2.75, 3.05) is 38.6 Å². The van der Waals surface area contributed by atoms with E-state index < -0.39 is 5.41 Å². The van der Waals surface area contributed by atoms with Gasteiger partial charge in [0, 0.05) is 32.4 Å². The van der Waals surface area contributed by atoms with Crippen LogP contribution in [-0.4, -0.2) is 60.0 Å². The Morgan fingerprint density at radius 1 is 1.00 bits per heavy atom. The van der Waals surface area contributed by atoms with Gasteiger partial charge in [-0.1, -0.05) is 30.3 Å². The van der Waals surface area contributed by atoms with Crippen LogP contribution < -0.4 is 10.1 Å². The topological polar surface area (TPSA) is 74.8 Å². The molecule has 0 bridgehead atoms. The summed E-state index contributed by atoms with van der Waals surface area (Å²) in [6, 6.07) is 13.0. The predicted octanol–water partition coefficient (Wildman–Crippen LogP) is 2.74. The number of rotatable bonds is 4. The van der Waals surface area contributed by atoms with E-state index in [4.69, 9.17) is 4.74 Å². The van der Waals surface area contributed by atoms with E-state index in [0.29, 0.717) is 37.7 Å². The molecule has 1 aromatic heterocycles. The van der Waals surface area contributed by atoms with Crippen LogP contribution in [0.15, 0.2) is 48.7 Å². The minimum Gasteiger partial charge on any atom is -0.480 e. The molecule has 0 aliphatic carbocycles. The van der Waals surface area contributed by atoms with Gasteiger partial charge in [0.25, 0.3) is 0 Å².